The zero-order chi connectivity index (χ0) is 18.4. The normalized spacial score (nSPS) is 16.5. The number of likely N-dealkylation sites (tertiary alicyclic amines) is 1. The number of aryl methyl sites for hydroxylation is 1. The molecule has 0 unspecified atom stereocenters. The highest BCUT2D eigenvalue weighted by atomic mass is 16.5. The van der Waals surface area contributed by atoms with Crippen LogP contribution in [0.25, 0.3) is 0 Å². The summed E-state index contributed by atoms with van der Waals surface area (Å²) in [5.41, 5.74) is 2.08. The van der Waals surface area contributed by atoms with Gasteiger partial charge in [0, 0.05) is 37.4 Å². The van der Waals surface area contributed by atoms with Gasteiger partial charge in [-0.2, -0.15) is 0 Å². The second kappa shape index (κ2) is 8.80. The number of aromatic amines is 1. The largest absolute Gasteiger partial charge is 0.373 e. The smallest absolute Gasteiger partial charge is 0.317 e. The second-order valence-corrected chi connectivity index (χ2v) is 6.72. The van der Waals surface area contributed by atoms with E-state index in [1.807, 2.05) is 37.1 Å². The Morgan fingerprint density at radius 3 is 2.85 bits per heavy atom. The van der Waals surface area contributed by atoms with Crippen LogP contribution in [-0.4, -0.2) is 45.1 Å². The van der Waals surface area contributed by atoms with Crippen LogP contribution in [0.4, 0.5) is 4.79 Å². The maximum atomic E-state index is 12.6. The fraction of sp³-hybridized carbons (Fsp3) is 0.526. The maximum absolute atomic E-state index is 12.6. The highest BCUT2D eigenvalue weighted by Gasteiger charge is 2.25. The molecule has 26 heavy (non-hydrogen) atoms. The van der Waals surface area contributed by atoms with E-state index in [0.717, 1.165) is 36.3 Å². The lowest BCUT2D eigenvalue weighted by molar-refractivity contribution is 0.00415. The van der Waals surface area contributed by atoms with E-state index in [1.54, 1.807) is 12.4 Å². The molecule has 3 heterocycles. The number of urea groups is 1. The third-order valence-electron chi connectivity index (χ3n) is 4.70. The lowest BCUT2D eigenvalue weighted by Crippen LogP contribution is -2.47. The van der Waals surface area contributed by atoms with Gasteiger partial charge in [0.2, 0.25) is 0 Å². The van der Waals surface area contributed by atoms with Gasteiger partial charge in [0.05, 0.1) is 18.8 Å². The van der Waals surface area contributed by atoms with Crippen molar-refractivity contribution >= 4 is 6.03 Å². The Bertz CT molecular complexity index is 695. The molecule has 1 saturated heterocycles. The van der Waals surface area contributed by atoms with E-state index in [4.69, 9.17) is 4.74 Å². The van der Waals surface area contributed by atoms with Gasteiger partial charge in [0.1, 0.15) is 5.82 Å². The number of hydrogen-bond donors (Lipinski definition) is 2. The van der Waals surface area contributed by atoms with Gasteiger partial charge in [-0.25, -0.2) is 9.78 Å². The molecule has 2 aromatic heterocycles. The van der Waals surface area contributed by atoms with Crippen molar-refractivity contribution in [1.82, 2.24) is 25.2 Å². The number of nitrogens with zero attached hydrogens (tertiary/aromatic N) is 3. The third kappa shape index (κ3) is 4.82. The van der Waals surface area contributed by atoms with Gasteiger partial charge in [0.15, 0.2) is 0 Å². The lowest BCUT2D eigenvalue weighted by atomic mass is 10.1. The second-order valence-electron chi connectivity index (χ2n) is 6.72. The van der Waals surface area contributed by atoms with Gasteiger partial charge in [-0.05, 0) is 37.8 Å². The Labute approximate surface area is 154 Å². The molecule has 1 fully saturated rings. The maximum Gasteiger partial charge on any atom is 0.317 e. The van der Waals surface area contributed by atoms with Crippen molar-refractivity contribution in [2.24, 2.45) is 0 Å². The molecule has 1 aliphatic heterocycles. The monoisotopic (exact) mass is 357 g/mol. The van der Waals surface area contributed by atoms with Gasteiger partial charge >= 0.3 is 6.03 Å². The van der Waals surface area contributed by atoms with E-state index in [-0.39, 0.29) is 18.2 Å². The van der Waals surface area contributed by atoms with E-state index in [1.165, 1.54) is 0 Å². The highest BCUT2D eigenvalue weighted by molar-refractivity contribution is 5.74. The van der Waals surface area contributed by atoms with E-state index < -0.39 is 0 Å². The predicted octanol–water partition coefficient (Wildman–Crippen LogP) is 2.96. The van der Waals surface area contributed by atoms with Crippen molar-refractivity contribution in [2.75, 3.05) is 13.1 Å². The summed E-state index contributed by atoms with van der Waals surface area (Å²) in [7, 11) is 0. The zero-order valence-corrected chi connectivity index (χ0v) is 15.4. The van der Waals surface area contributed by atoms with E-state index >= 15 is 0 Å². The van der Waals surface area contributed by atoms with Crippen LogP contribution in [-0.2, 0) is 11.3 Å². The summed E-state index contributed by atoms with van der Waals surface area (Å²) in [5.74, 6) is 0.813. The highest BCUT2D eigenvalue weighted by Crippen LogP contribution is 2.18. The van der Waals surface area contributed by atoms with Crippen molar-refractivity contribution in [3.63, 3.8) is 0 Å². The fourth-order valence-corrected chi connectivity index (χ4v) is 3.14. The van der Waals surface area contributed by atoms with Crippen LogP contribution in [0.5, 0.6) is 0 Å². The third-order valence-corrected chi connectivity index (χ3v) is 4.70. The number of ether oxygens (including phenoxy) is 1. The standard InChI is InChI=1S/C19H27N5O2/c1-3-17(18-21-11-14(2)22-18)23-19(25)24-9-6-16(7-10-24)26-13-15-5-4-8-20-12-15/h4-5,8,11-12,16-17H,3,6-7,9-10,13H2,1-2H3,(H,21,22)(H,23,25)/t17-/m1/s1. The Morgan fingerprint density at radius 2 is 2.23 bits per heavy atom. The van der Waals surface area contributed by atoms with E-state index in [2.05, 4.69) is 20.3 Å². The fourth-order valence-electron chi connectivity index (χ4n) is 3.14. The van der Waals surface area contributed by atoms with Crippen LogP contribution in [0.2, 0.25) is 0 Å². The van der Waals surface area contributed by atoms with Crippen molar-refractivity contribution in [3.8, 4) is 0 Å². The predicted molar refractivity (Wildman–Crippen MR) is 98.5 cm³/mol. The number of H-pyrrole nitrogens is 1. The Kier molecular flexibility index (Phi) is 6.22. The number of hydrogen-bond acceptors (Lipinski definition) is 4. The molecule has 7 heteroatoms. The van der Waals surface area contributed by atoms with E-state index in [9.17, 15) is 4.79 Å². The lowest BCUT2D eigenvalue weighted by Gasteiger charge is -2.33. The minimum Gasteiger partial charge on any atom is -0.373 e. The van der Waals surface area contributed by atoms with Crippen LogP contribution in [0.15, 0.2) is 30.7 Å². The zero-order valence-electron chi connectivity index (χ0n) is 15.4. The number of rotatable bonds is 6. The van der Waals surface area contributed by atoms with Gasteiger partial charge in [-0.3, -0.25) is 4.98 Å². The molecule has 0 saturated carbocycles. The SMILES string of the molecule is CC[C@@H](NC(=O)N1CCC(OCc2cccnc2)CC1)c1ncc(C)[nH]1. The quantitative estimate of drug-likeness (QED) is 0.833. The first kappa shape index (κ1) is 18.4. The molecule has 2 N–H and O–H groups in total. The number of imidazole rings is 1. The molecule has 0 bridgehead atoms. The van der Waals surface area contributed by atoms with Gasteiger partial charge in [-0.1, -0.05) is 13.0 Å². The number of piperidine rings is 1. The molecule has 0 aromatic carbocycles. The summed E-state index contributed by atoms with van der Waals surface area (Å²) in [4.78, 5) is 26.1. The first-order valence-corrected chi connectivity index (χ1v) is 9.23. The average molecular weight is 357 g/mol. The van der Waals surface area contributed by atoms with Crippen LogP contribution in [0.3, 0.4) is 0 Å². The Hall–Kier alpha value is -2.41. The first-order valence-electron chi connectivity index (χ1n) is 9.23. The Morgan fingerprint density at radius 1 is 1.42 bits per heavy atom. The van der Waals surface area contributed by atoms with E-state index in [0.29, 0.717) is 19.7 Å². The first-order chi connectivity index (χ1) is 12.7. The molecular weight excluding hydrogens is 330 g/mol. The van der Waals surface area contributed by atoms with Crippen molar-refractivity contribution in [3.05, 3.63) is 47.8 Å². The summed E-state index contributed by atoms with van der Waals surface area (Å²) in [6, 6.07) is 3.81. The number of carbonyl (C=O) groups excluding carboxylic acids is 1. The molecule has 7 nitrogen and oxygen atoms in total. The summed E-state index contributed by atoms with van der Waals surface area (Å²) < 4.78 is 5.96. The van der Waals surface area contributed by atoms with Crippen molar-refractivity contribution in [2.45, 2.75) is 51.9 Å². The number of pyridine rings is 1. The summed E-state index contributed by atoms with van der Waals surface area (Å²) >= 11 is 0. The molecule has 1 atom stereocenters. The molecule has 140 valence electrons. The molecule has 2 amide bonds. The molecule has 0 radical (unpaired) electrons. The summed E-state index contributed by atoms with van der Waals surface area (Å²) in [5, 5.41) is 3.08. The Balaban J connectivity index is 1.44. The molecule has 3 rings (SSSR count). The molecule has 0 aliphatic carbocycles. The minimum absolute atomic E-state index is 0.0309. The minimum atomic E-state index is -0.0873. The van der Waals surface area contributed by atoms with Crippen LogP contribution < -0.4 is 5.32 Å². The van der Waals surface area contributed by atoms with Gasteiger partial charge in [-0.15, -0.1) is 0 Å². The molecular formula is C19H27N5O2. The molecule has 0 spiro atoms. The van der Waals surface area contributed by atoms with Gasteiger partial charge in [0.25, 0.3) is 0 Å². The van der Waals surface area contributed by atoms with Crippen molar-refractivity contribution < 1.29 is 9.53 Å². The van der Waals surface area contributed by atoms with Crippen LogP contribution in [0.1, 0.15) is 49.3 Å². The van der Waals surface area contributed by atoms with Crippen LogP contribution in [0, 0.1) is 6.92 Å². The number of amides is 2. The average Bonchev–Trinajstić information content (AvgIpc) is 3.11. The molecule has 1 aliphatic rings. The summed E-state index contributed by atoms with van der Waals surface area (Å²) in [6.07, 6.45) is 8.06. The molecule has 2 aromatic rings. The number of nitrogens with one attached hydrogen (secondary N) is 2. The van der Waals surface area contributed by atoms with Crippen molar-refractivity contribution in [1.29, 1.82) is 0 Å². The van der Waals surface area contributed by atoms with Crippen LogP contribution >= 0.6 is 0 Å². The topological polar surface area (TPSA) is 83.1 Å². The number of aromatic nitrogens is 3. The number of carbonyl (C=O) groups is 1. The van der Waals surface area contributed by atoms with Gasteiger partial charge < -0.3 is 19.9 Å². The summed E-state index contributed by atoms with van der Waals surface area (Å²) in [6.45, 7) is 5.98.